The molecule has 31 heavy (non-hydrogen) atoms. The van der Waals surface area contributed by atoms with Crippen LogP contribution in [0.4, 0.5) is 11.4 Å². The molecule has 0 bridgehead atoms. The molecular weight excluding hydrogens is 414 g/mol. The van der Waals surface area contributed by atoms with Crippen molar-refractivity contribution in [2.75, 3.05) is 13.2 Å². The van der Waals surface area contributed by atoms with Crippen LogP contribution in [0.15, 0.2) is 48.5 Å². The van der Waals surface area contributed by atoms with Gasteiger partial charge < -0.3 is 14.8 Å². The van der Waals surface area contributed by atoms with Gasteiger partial charge in [0.05, 0.1) is 22.0 Å². The molecule has 0 aromatic heterocycles. The molecule has 2 aromatic rings. The minimum atomic E-state index is -1.54. The summed E-state index contributed by atoms with van der Waals surface area (Å²) in [6, 6.07) is 9.22. The topological polar surface area (TPSA) is 168 Å². The predicted molar refractivity (Wildman–Crippen MR) is 104 cm³/mol. The number of rotatable bonds is 9. The molecule has 162 valence electrons. The molecule has 2 rings (SSSR count). The number of non-ortho nitro benzene ring substituents is 2. The van der Waals surface area contributed by atoms with Crippen molar-refractivity contribution in [3.05, 3.63) is 79.9 Å². The van der Waals surface area contributed by atoms with E-state index < -0.39 is 40.3 Å². The Morgan fingerprint density at radius 1 is 0.935 bits per heavy atom. The van der Waals surface area contributed by atoms with Crippen LogP contribution in [0.2, 0.25) is 0 Å². The number of nitrogens with zero attached hydrogens (tertiary/aromatic N) is 2. The maximum absolute atomic E-state index is 12.6. The first kappa shape index (κ1) is 22.9. The van der Waals surface area contributed by atoms with Crippen molar-refractivity contribution in [1.82, 2.24) is 5.32 Å². The third-order valence-electron chi connectivity index (χ3n) is 3.90. The Kier molecular flexibility index (Phi) is 7.72. The molecule has 0 aliphatic heterocycles. The zero-order valence-corrected chi connectivity index (χ0v) is 16.2. The SMILES string of the molecule is CCOC(=O)CNC(=O)C(OC(=O)c1ccc([N+](=O)[O-])cc1)c1ccc([N+](=O)[O-])cc1. The molecule has 1 amide bonds. The molecule has 0 radical (unpaired) electrons. The van der Waals surface area contributed by atoms with Crippen LogP contribution in [0.25, 0.3) is 0 Å². The van der Waals surface area contributed by atoms with Crippen molar-refractivity contribution < 1.29 is 33.7 Å². The monoisotopic (exact) mass is 431 g/mol. The highest BCUT2D eigenvalue weighted by Gasteiger charge is 2.27. The summed E-state index contributed by atoms with van der Waals surface area (Å²) < 4.78 is 9.94. The van der Waals surface area contributed by atoms with Crippen LogP contribution in [0, 0.1) is 20.2 Å². The molecule has 1 atom stereocenters. The van der Waals surface area contributed by atoms with Crippen LogP contribution in [-0.2, 0) is 19.1 Å². The highest BCUT2D eigenvalue weighted by molar-refractivity contribution is 5.93. The minimum absolute atomic E-state index is 0.0595. The Morgan fingerprint density at radius 3 is 1.94 bits per heavy atom. The van der Waals surface area contributed by atoms with Gasteiger partial charge in [0.1, 0.15) is 6.54 Å². The molecule has 0 aliphatic carbocycles. The van der Waals surface area contributed by atoms with E-state index in [4.69, 9.17) is 9.47 Å². The largest absolute Gasteiger partial charge is 0.465 e. The lowest BCUT2D eigenvalue weighted by Crippen LogP contribution is -2.36. The normalized spacial score (nSPS) is 11.1. The van der Waals surface area contributed by atoms with Crippen molar-refractivity contribution in [2.24, 2.45) is 0 Å². The summed E-state index contributed by atoms with van der Waals surface area (Å²) in [5.74, 6) is -2.54. The molecule has 0 aliphatic rings. The van der Waals surface area contributed by atoms with Crippen molar-refractivity contribution in [1.29, 1.82) is 0 Å². The fourth-order valence-corrected chi connectivity index (χ4v) is 2.40. The molecule has 0 fully saturated rings. The van der Waals surface area contributed by atoms with Gasteiger partial charge in [0.25, 0.3) is 17.3 Å². The van der Waals surface area contributed by atoms with Gasteiger partial charge >= 0.3 is 11.9 Å². The summed E-state index contributed by atoms with van der Waals surface area (Å²) in [4.78, 5) is 56.8. The number of esters is 2. The van der Waals surface area contributed by atoms with Gasteiger partial charge in [0, 0.05) is 29.8 Å². The molecule has 1 N–H and O–H groups in total. The molecule has 0 saturated heterocycles. The van der Waals surface area contributed by atoms with Crippen LogP contribution < -0.4 is 5.32 Å². The standard InChI is InChI=1S/C19H17N3O9/c1-2-30-16(23)11-20-18(24)17(12-3-7-14(8-4-12)21(26)27)31-19(25)13-5-9-15(10-6-13)22(28)29/h3-10,17H,2,11H2,1H3,(H,20,24). The summed E-state index contributed by atoms with van der Waals surface area (Å²) in [6.45, 7) is 1.21. The van der Waals surface area contributed by atoms with Gasteiger partial charge in [0.15, 0.2) is 0 Å². The van der Waals surface area contributed by atoms with E-state index in [0.717, 1.165) is 36.4 Å². The van der Waals surface area contributed by atoms with Gasteiger partial charge in [-0.25, -0.2) is 4.79 Å². The van der Waals surface area contributed by atoms with Crippen molar-refractivity contribution >= 4 is 29.2 Å². The Bertz CT molecular complexity index is 988. The van der Waals surface area contributed by atoms with Crippen LogP contribution >= 0.6 is 0 Å². The average Bonchev–Trinajstić information content (AvgIpc) is 2.76. The van der Waals surface area contributed by atoms with E-state index in [2.05, 4.69) is 5.32 Å². The molecule has 2 aromatic carbocycles. The quantitative estimate of drug-likeness (QED) is 0.355. The summed E-state index contributed by atoms with van der Waals surface area (Å²) in [6.07, 6.45) is -1.54. The summed E-state index contributed by atoms with van der Waals surface area (Å²) >= 11 is 0. The highest BCUT2D eigenvalue weighted by atomic mass is 16.6. The van der Waals surface area contributed by atoms with E-state index in [1.165, 1.54) is 12.1 Å². The second-order valence-electron chi connectivity index (χ2n) is 5.96. The number of nitro groups is 2. The second kappa shape index (κ2) is 10.4. The van der Waals surface area contributed by atoms with E-state index in [1.807, 2.05) is 0 Å². The van der Waals surface area contributed by atoms with E-state index in [9.17, 15) is 34.6 Å². The first-order valence-corrected chi connectivity index (χ1v) is 8.86. The van der Waals surface area contributed by atoms with Crippen LogP contribution in [0.5, 0.6) is 0 Å². The average molecular weight is 431 g/mol. The molecular formula is C19H17N3O9. The smallest absolute Gasteiger partial charge is 0.339 e. The van der Waals surface area contributed by atoms with Gasteiger partial charge in [-0.15, -0.1) is 0 Å². The lowest BCUT2D eigenvalue weighted by molar-refractivity contribution is -0.385. The van der Waals surface area contributed by atoms with E-state index >= 15 is 0 Å². The van der Waals surface area contributed by atoms with Gasteiger partial charge in [0.2, 0.25) is 6.10 Å². The first-order chi connectivity index (χ1) is 14.7. The fraction of sp³-hybridized carbons (Fsp3) is 0.211. The second-order valence-corrected chi connectivity index (χ2v) is 5.96. The number of nitrogens with one attached hydrogen (secondary N) is 1. The van der Waals surface area contributed by atoms with Crippen LogP contribution in [-0.4, -0.2) is 40.8 Å². The van der Waals surface area contributed by atoms with E-state index in [-0.39, 0.29) is 29.1 Å². The van der Waals surface area contributed by atoms with Gasteiger partial charge in [-0.3, -0.25) is 29.8 Å². The predicted octanol–water partition coefficient (Wildman–Crippen LogP) is 2.08. The van der Waals surface area contributed by atoms with Gasteiger partial charge in [-0.1, -0.05) is 0 Å². The molecule has 0 spiro atoms. The van der Waals surface area contributed by atoms with Crippen molar-refractivity contribution in [2.45, 2.75) is 13.0 Å². The van der Waals surface area contributed by atoms with E-state index in [1.54, 1.807) is 6.92 Å². The van der Waals surface area contributed by atoms with Crippen molar-refractivity contribution in [3.8, 4) is 0 Å². The third-order valence-corrected chi connectivity index (χ3v) is 3.90. The molecule has 1 unspecified atom stereocenters. The molecule has 12 nitrogen and oxygen atoms in total. The third kappa shape index (κ3) is 6.32. The maximum Gasteiger partial charge on any atom is 0.339 e. The lowest BCUT2D eigenvalue weighted by atomic mass is 10.1. The summed E-state index contributed by atoms with van der Waals surface area (Å²) in [7, 11) is 0. The Balaban J connectivity index is 2.24. The molecule has 0 saturated carbocycles. The maximum atomic E-state index is 12.6. The Morgan fingerprint density at radius 2 is 1.45 bits per heavy atom. The molecule has 0 heterocycles. The Hall–Kier alpha value is -4.35. The highest BCUT2D eigenvalue weighted by Crippen LogP contribution is 2.23. The first-order valence-electron chi connectivity index (χ1n) is 8.86. The number of nitro benzene ring substituents is 2. The number of carbonyl (C=O) groups is 3. The fourth-order valence-electron chi connectivity index (χ4n) is 2.40. The number of hydrogen-bond donors (Lipinski definition) is 1. The Labute approximate surface area is 175 Å². The minimum Gasteiger partial charge on any atom is -0.465 e. The number of benzene rings is 2. The van der Waals surface area contributed by atoms with Crippen LogP contribution in [0.1, 0.15) is 28.9 Å². The lowest BCUT2D eigenvalue weighted by Gasteiger charge is -2.18. The van der Waals surface area contributed by atoms with Gasteiger partial charge in [-0.2, -0.15) is 0 Å². The number of hydrogen-bond acceptors (Lipinski definition) is 9. The molecule has 12 heteroatoms. The number of carbonyl (C=O) groups excluding carboxylic acids is 3. The summed E-state index contributed by atoms with van der Waals surface area (Å²) in [5, 5.41) is 23.8. The van der Waals surface area contributed by atoms with E-state index in [0.29, 0.717) is 0 Å². The van der Waals surface area contributed by atoms with Crippen molar-refractivity contribution in [3.63, 3.8) is 0 Å². The zero-order chi connectivity index (χ0) is 23.0. The number of ether oxygens (including phenoxy) is 2. The summed E-state index contributed by atoms with van der Waals surface area (Å²) in [5.41, 5.74) is -0.426. The number of amides is 1. The van der Waals surface area contributed by atoms with Gasteiger partial charge in [-0.05, 0) is 31.2 Å². The zero-order valence-electron chi connectivity index (χ0n) is 16.2. The van der Waals surface area contributed by atoms with Crippen LogP contribution in [0.3, 0.4) is 0 Å².